The number of ether oxygens (including phenoxy) is 2. The van der Waals surface area contributed by atoms with E-state index in [2.05, 4.69) is 27.1 Å². The van der Waals surface area contributed by atoms with Crippen LogP contribution in [0.1, 0.15) is 12.0 Å². The van der Waals surface area contributed by atoms with E-state index >= 15 is 0 Å². The number of nitrogens with zero attached hydrogens (tertiary/aromatic N) is 4. The zero-order valence-electron chi connectivity index (χ0n) is 21.4. The molecule has 3 aliphatic rings. The molecule has 1 N–H and O–H groups in total. The van der Waals surface area contributed by atoms with Crippen LogP contribution in [0.4, 0.5) is 26.2 Å². The van der Waals surface area contributed by atoms with E-state index in [4.69, 9.17) is 9.47 Å². The highest BCUT2D eigenvalue weighted by Gasteiger charge is 2.31. The number of anilines is 3. The van der Waals surface area contributed by atoms with Crippen molar-refractivity contribution in [3.05, 3.63) is 47.8 Å². The van der Waals surface area contributed by atoms with Crippen LogP contribution in [0.15, 0.2) is 36.4 Å². The van der Waals surface area contributed by atoms with Gasteiger partial charge in [0.25, 0.3) is 5.91 Å². The van der Waals surface area contributed by atoms with Crippen molar-refractivity contribution in [2.45, 2.75) is 18.9 Å². The third-order valence-corrected chi connectivity index (χ3v) is 7.40. The maximum Gasteiger partial charge on any atom is 0.409 e. The molecule has 37 heavy (non-hydrogen) atoms. The molecule has 2 amide bonds. The van der Waals surface area contributed by atoms with Crippen molar-refractivity contribution in [2.24, 2.45) is 0 Å². The number of carbonyl (C=O) groups excluding carboxylic acids is 2. The summed E-state index contributed by atoms with van der Waals surface area (Å²) in [5, 5.41) is 2.97. The van der Waals surface area contributed by atoms with Gasteiger partial charge in [0.1, 0.15) is 11.6 Å². The smallest absolute Gasteiger partial charge is 0.409 e. The van der Waals surface area contributed by atoms with E-state index in [0.717, 1.165) is 43.1 Å². The second-order valence-electron chi connectivity index (χ2n) is 9.83. The summed E-state index contributed by atoms with van der Waals surface area (Å²) in [6.07, 6.45) is 0.136. The number of fused-ring (bicyclic) bond motifs is 1. The number of carbonyl (C=O) groups is 2. The molecule has 2 fully saturated rings. The monoisotopic (exact) mass is 511 g/mol. The molecular weight excluding hydrogens is 477 g/mol. The predicted molar refractivity (Wildman–Crippen MR) is 140 cm³/mol. The first-order chi connectivity index (χ1) is 17.9. The van der Waals surface area contributed by atoms with Crippen LogP contribution >= 0.6 is 0 Å². The normalized spacial score (nSPS) is 20.2. The van der Waals surface area contributed by atoms with Gasteiger partial charge in [-0.3, -0.25) is 4.79 Å². The Hall–Kier alpha value is -3.53. The molecule has 3 heterocycles. The first kappa shape index (κ1) is 25.1. The van der Waals surface area contributed by atoms with Crippen molar-refractivity contribution in [1.82, 2.24) is 9.80 Å². The van der Waals surface area contributed by atoms with Gasteiger partial charge in [0.2, 0.25) is 0 Å². The van der Waals surface area contributed by atoms with E-state index in [1.165, 1.54) is 19.2 Å². The number of aryl methyl sites for hydroxylation is 1. The molecule has 0 bridgehead atoms. The highest BCUT2D eigenvalue weighted by molar-refractivity contribution is 5.95. The van der Waals surface area contributed by atoms with Crippen molar-refractivity contribution in [3.63, 3.8) is 0 Å². The number of likely N-dealkylation sites (N-methyl/N-ethyl adjacent to an activating group) is 1. The van der Waals surface area contributed by atoms with Gasteiger partial charge >= 0.3 is 6.09 Å². The van der Waals surface area contributed by atoms with Crippen LogP contribution in [0.3, 0.4) is 0 Å². The first-order valence-electron chi connectivity index (χ1n) is 12.8. The van der Waals surface area contributed by atoms with Crippen LogP contribution in [0.25, 0.3) is 0 Å². The van der Waals surface area contributed by atoms with Crippen LogP contribution in [0.2, 0.25) is 0 Å². The number of hydrogen-bond donors (Lipinski definition) is 1. The lowest BCUT2D eigenvalue weighted by Gasteiger charge is -2.37. The minimum atomic E-state index is -0.643. The van der Waals surface area contributed by atoms with E-state index in [1.54, 1.807) is 4.90 Å². The number of nitrogens with one attached hydrogen (secondary N) is 1. The number of rotatable bonds is 4. The number of piperazine rings is 2. The Balaban J connectivity index is 1.21. The molecule has 10 heteroatoms. The van der Waals surface area contributed by atoms with Crippen LogP contribution in [-0.4, -0.2) is 94.4 Å². The molecule has 1 unspecified atom stereocenters. The molecule has 9 nitrogen and oxygen atoms in total. The minimum absolute atomic E-state index is 0.209. The lowest BCUT2D eigenvalue weighted by molar-refractivity contribution is -0.123. The molecule has 5 rings (SSSR count). The maximum absolute atomic E-state index is 14.4. The highest BCUT2D eigenvalue weighted by atomic mass is 19.1. The van der Waals surface area contributed by atoms with Gasteiger partial charge in [-0.05, 0) is 55.8 Å². The predicted octanol–water partition coefficient (Wildman–Crippen LogP) is 2.80. The standard InChI is InChI=1S/C27H34FN5O4/c1-30-9-11-32(12-10-30)23-18-20(28)17-19-3-8-24(37-25(19)23)26(34)29-21-4-6-22(7-5-21)31-13-15-33(16-14-31)27(35)36-2/h4-7,17-18,24H,3,8-16H2,1-2H3,(H,29,34). The summed E-state index contributed by atoms with van der Waals surface area (Å²) in [6.45, 7) is 6.00. The summed E-state index contributed by atoms with van der Waals surface area (Å²) in [5.74, 6) is 0.142. The lowest BCUT2D eigenvalue weighted by atomic mass is 9.99. The highest BCUT2D eigenvalue weighted by Crippen LogP contribution is 2.39. The van der Waals surface area contributed by atoms with Gasteiger partial charge in [-0.2, -0.15) is 0 Å². The van der Waals surface area contributed by atoms with Crippen LogP contribution in [0, 0.1) is 5.82 Å². The van der Waals surface area contributed by atoms with Gasteiger partial charge in [-0.1, -0.05) is 0 Å². The van der Waals surface area contributed by atoms with Gasteiger partial charge in [-0.15, -0.1) is 0 Å². The van der Waals surface area contributed by atoms with Gasteiger partial charge in [0.05, 0.1) is 12.8 Å². The topological polar surface area (TPSA) is 77.6 Å². The molecule has 0 aromatic heterocycles. The van der Waals surface area contributed by atoms with Crippen molar-refractivity contribution < 1.29 is 23.5 Å². The molecule has 198 valence electrons. The third-order valence-electron chi connectivity index (χ3n) is 7.40. The van der Waals surface area contributed by atoms with Crippen molar-refractivity contribution in [2.75, 3.05) is 81.6 Å². The maximum atomic E-state index is 14.4. The van der Waals surface area contributed by atoms with Crippen LogP contribution in [0.5, 0.6) is 5.75 Å². The van der Waals surface area contributed by atoms with Gasteiger partial charge in [0.15, 0.2) is 6.10 Å². The molecule has 1 atom stereocenters. The number of hydrogen-bond acceptors (Lipinski definition) is 7. The summed E-state index contributed by atoms with van der Waals surface area (Å²) >= 11 is 0. The average Bonchev–Trinajstić information content (AvgIpc) is 2.93. The molecular formula is C27H34FN5O4. The SMILES string of the molecule is COC(=O)N1CCN(c2ccc(NC(=O)C3CCc4cc(F)cc(N5CCN(C)CC5)c4O3)cc2)CC1. The zero-order chi connectivity index (χ0) is 25.9. The molecule has 0 radical (unpaired) electrons. The Kier molecular flexibility index (Phi) is 7.36. The van der Waals surface area contributed by atoms with E-state index in [0.29, 0.717) is 50.5 Å². The Labute approximate surface area is 216 Å². The molecule has 0 spiro atoms. The Morgan fingerprint density at radius 2 is 1.65 bits per heavy atom. The fraction of sp³-hybridized carbons (Fsp3) is 0.481. The molecule has 0 aliphatic carbocycles. The minimum Gasteiger partial charge on any atom is -0.478 e. The lowest BCUT2D eigenvalue weighted by Crippen LogP contribution is -2.48. The summed E-state index contributed by atoms with van der Waals surface area (Å²) in [4.78, 5) is 33.1. The van der Waals surface area contributed by atoms with Crippen molar-refractivity contribution >= 4 is 29.1 Å². The number of benzene rings is 2. The summed E-state index contributed by atoms with van der Waals surface area (Å²) in [7, 11) is 3.47. The van der Waals surface area contributed by atoms with Crippen molar-refractivity contribution in [1.29, 1.82) is 0 Å². The third kappa shape index (κ3) is 5.58. The van der Waals surface area contributed by atoms with E-state index in [1.807, 2.05) is 24.3 Å². The molecule has 2 aromatic rings. The molecule has 3 aliphatic heterocycles. The fourth-order valence-electron chi connectivity index (χ4n) is 5.17. The number of halogens is 1. The van der Waals surface area contributed by atoms with Crippen LogP contribution in [-0.2, 0) is 16.0 Å². The Morgan fingerprint density at radius 1 is 0.973 bits per heavy atom. The Morgan fingerprint density at radius 3 is 2.32 bits per heavy atom. The van der Waals surface area contributed by atoms with E-state index < -0.39 is 6.10 Å². The van der Waals surface area contributed by atoms with Gasteiger partial charge in [0, 0.05) is 69.8 Å². The Bertz CT molecular complexity index is 1130. The fourth-order valence-corrected chi connectivity index (χ4v) is 5.17. The molecule has 2 saturated heterocycles. The largest absolute Gasteiger partial charge is 0.478 e. The molecule has 0 saturated carbocycles. The summed E-state index contributed by atoms with van der Waals surface area (Å²) < 4.78 is 25.4. The van der Waals surface area contributed by atoms with Crippen LogP contribution < -0.4 is 19.9 Å². The second-order valence-corrected chi connectivity index (χ2v) is 9.83. The van der Waals surface area contributed by atoms with E-state index in [-0.39, 0.29) is 17.8 Å². The van der Waals surface area contributed by atoms with Gasteiger partial charge < -0.3 is 34.4 Å². The zero-order valence-corrected chi connectivity index (χ0v) is 21.4. The quantitative estimate of drug-likeness (QED) is 0.677. The number of methoxy groups -OCH3 is 1. The number of amides is 2. The molecule has 2 aromatic carbocycles. The average molecular weight is 512 g/mol. The van der Waals surface area contributed by atoms with E-state index in [9.17, 15) is 14.0 Å². The summed E-state index contributed by atoms with van der Waals surface area (Å²) in [5.41, 5.74) is 3.27. The first-order valence-corrected chi connectivity index (χ1v) is 12.8. The second kappa shape index (κ2) is 10.8. The summed E-state index contributed by atoms with van der Waals surface area (Å²) in [6, 6.07) is 10.7. The van der Waals surface area contributed by atoms with Gasteiger partial charge in [-0.25, -0.2) is 9.18 Å². The van der Waals surface area contributed by atoms with Crippen molar-refractivity contribution in [3.8, 4) is 5.75 Å².